The molecule has 23 heavy (non-hydrogen) atoms. The van der Waals surface area contributed by atoms with E-state index in [2.05, 4.69) is 97.0 Å². The molecule has 0 heterocycles. The van der Waals surface area contributed by atoms with E-state index in [4.69, 9.17) is 0 Å². The van der Waals surface area contributed by atoms with E-state index < -0.39 is 0 Å². The second-order valence-electron chi connectivity index (χ2n) is 8.67. The minimum absolute atomic E-state index is 0.176. The van der Waals surface area contributed by atoms with Gasteiger partial charge in [-0.05, 0) is 39.5 Å². The maximum absolute atomic E-state index is 2.33. The summed E-state index contributed by atoms with van der Waals surface area (Å²) >= 11 is 0. The second kappa shape index (κ2) is 6.51. The van der Waals surface area contributed by atoms with Crippen LogP contribution in [0.15, 0.2) is 48.5 Å². The number of rotatable bonds is 3. The molecule has 0 saturated carbocycles. The Kier molecular flexibility index (Phi) is 5.04. The highest BCUT2D eigenvalue weighted by Crippen LogP contribution is 2.36. The van der Waals surface area contributed by atoms with Crippen LogP contribution in [0.1, 0.15) is 83.1 Å². The molecule has 2 aromatic carbocycles. The van der Waals surface area contributed by atoms with Crippen molar-refractivity contribution in [2.45, 2.75) is 71.6 Å². The van der Waals surface area contributed by atoms with E-state index in [-0.39, 0.29) is 10.8 Å². The fraction of sp³-hybridized carbons (Fsp3) is 0.478. The quantitative estimate of drug-likeness (QED) is 0.583. The van der Waals surface area contributed by atoms with Crippen LogP contribution in [0, 0.1) is 0 Å². The van der Waals surface area contributed by atoms with Crippen molar-refractivity contribution in [2.24, 2.45) is 0 Å². The van der Waals surface area contributed by atoms with Crippen molar-refractivity contribution in [3.8, 4) is 0 Å². The smallest absolute Gasteiger partial charge is 0.00896 e. The SMILES string of the molecule is CCC(c1ccc(C(C)(C)C)cc1)c1ccccc1C(C)(C)C. The molecule has 0 bridgehead atoms. The summed E-state index contributed by atoms with van der Waals surface area (Å²) in [7, 11) is 0. The molecule has 0 aromatic heterocycles. The molecule has 0 heteroatoms. The summed E-state index contributed by atoms with van der Waals surface area (Å²) in [6.45, 7) is 16.0. The molecule has 2 aromatic rings. The second-order valence-corrected chi connectivity index (χ2v) is 8.67. The molecule has 0 spiro atoms. The molecule has 0 amide bonds. The minimum Gasteiger partial charge on any atom is -0.0645 e. The Balaban J connectivity index is 2.45. The van der Waals surface area contributed by atoms with E-state index in [1.165, 1.54) is 22.3 Å². The van der Waals surface area contributed by atoms with E-state index in [1.807, 2.05) is 0 Å². The highest BCUT2D eigenvalue weighted by atomic mass is 14.3. The van der Waals surface area contributed by atoms with Crippen LogP contribution in [0.5, 0.6) is 0 Å². The average molecular weight is 309 g/mol. The van der Waals surface area contributed by atoms with E-state index in [0.29, 0.717) is 5.92 Å². The van der Waals surface area contributed by atoms with Gasteiger partial charge in [0.1, 0.15) is 0 Å². The Labute approximate surface area is 143 Å². The molecule has 0 aliphatic heterocycles. The molecule has 0 aliphatic carbocycles. The lowest BCUT2D eigenvalue weighted by Crippen LogP contribution is -2.16. The van der Waals surface area contributed by atoms with Crippen LogP contribution in [-0.4, -0.2) is 0 Å². The van der Waals surface area contributed by atoms with Crippen molar-refractivity contribution >= 4 is 0 Å². The maximum atomic E-state index is 2.33. The van der Waals surface area contributed by atoms with Gasteiger partial charge in [0.25, 0.3) is 0 Å². The average Bonchev–Trinajstić information content (AvgIpc) is 2.47. The lowest BCUT2D eigenvalue weighted by Gasteiger charge is -2.28. The van der Waals surface area contributed by atoms with Crippen molar-refractivity contribution in [1.82, 2.24) is 0 Å². The van der Waals surface area contributed by atoms with E-state index >= 15 is 0 Å². The van der Waals surface area contributed by atoms with Crippen molar-refractivity contribution in [3.05, 3.63) is 70.8 Å². The first kappa shape index (κ1) is 17.8. The van der Waals surface area contributed by atoms with Crippen LogP contribution in [0.3, 0.4) is 0 Å². The predicted molar refractivity (Wildman–Crippen MR) is 102 cm³/mol. The van der Waals surface area contributed by atoms with Gasteiger partial charge in [-0.15, -0.1) is 0 Å². The molecule has 0 fully saturated rings. The van der Waals surface area contributed by atoms with E-state index in [1.54, 1.807) is 0 Å². The van der Waals surface area contributed by atoms with E-state index in [9.17, 15) is 0 Å². The minimum atomic E-state index is 0.176. The van der Waals surface area contributed by atoms with E-state index in [0.717, 1.165) is 6.42 Å². The van der Waals surface area contributed by atoms with Gasteiger partial charge >= 0.3 is 0 Å². The van der Waals surface area contributed by atoms with Crippen molar-refractivity contribution < 1.29 is 0 Å². The third-order valence-corrected chi connectivity index (χ3v) is 4.73. The molecule has 0 N–H and O–H groups in total. The van der Waals surface area contributed by atoms with Crippen LogP contribution in [0.25, 0.3) is 0 Å². The topological polar surface area (TPSA) is 0 Å². The molecule has 2 rings (SSSR count). The Bertz CT molecular complexity index is 633. The molecule has 0 radical (unpaired) electrons. The lowest BCUT2D eigenvalue weighted by atomic mass is 9.77. The first-order valence-corrected chi connectivity index (χ1v) is 8.84. The van der Waals surface area contributed by atoms with Crippen LogP contribution >= 0.6 is 0 Å². The van der Waals surface area contributed by atoms with Gasteiger partial charge in [-0.1, -0.05) is 97.0 Å². The molecule has 0 nitrogen and oxygen atoms in total. The molecular weight excluding hydrogens is 276 g/mol. The van der Waals surface area contributed by atoms with Gasteiger partial charge in [-0.25, -0.2) is 0 Å². The lowest BCUT2D eigenvalue weighted by molar-refractivity contribution is 0.574. The summed E-state index contributed by atoms with van der Waals surface area (Å²) in [5.74, 6) is 0.472. The third kappa shape index (κ3) is 4.05. The Morgan fingerprint density at radius 3 is 1.78 bits per heavy atom. The number of hydrogen-bond donors (Lipinski definition) is 0. The highest BCUT2D eigenvalue weighted by Gasteiger charge is 2.23. The fourth-order valence-electron chi connectivity index (χ4n) is 3.33. The summed E-state index contributed by atoms with van der Waals surface area (Å²) < 4.78 is 0. The number of benzene rings is 2. The summed E-state index contributed by atoms with van der Waals surface area (Å²) in [5.41, 5.74) is 6.16. The zero-order valence-corrected chi connectivity index (χ0v) is 15.9. The van der Waals surface area contributed by atoms with Crippen molar-refractivity contribution in [3.63, 3.8) is 0 Å². The largest absolute Gasteiger partial charge is 0.0645 e. The molecule has 124 valence electrons. The molecule has 1 atom stereocenters. The Morgan fingerprint density at radius 2 is 1.30 bits per heavy atom. The summed E-state index contributed by atoms with van der Waals surface area (Å²) in [4.78, 5) is 0. The molecule has 0 aliphatic rings. The van der Waals surface area contributed by atoms with Gasteiger partial charge in [0.2, 0.25) is 0 Å². The van der Waals surface area contributed by atoms with Crippen LogP contribution < -0.4 is 0 Å². The first-order chi connectivity index (χ1) is 10.6. The zero-order valence-electron chi connectivity index (χ0n) is 15.9. The molecular formula is C23H32. The van der Waals surface area contributed by atoms with Crippen LogP contribution in [0.4, 0.5) is 0 Å². The molecule has 0 saturated heterocycles. The van der Waals surface area contributed by atoms with Gasteiger partial charge in [0.15, 0.2) is 0 Å². The summed E-state index contributed by atoms with van der Waals surface area (Å²) in [6, 6.07) is 18.2. The zero-order chi connectivity index (χ0) is 17.3. The van der Waals surface area contributed by atoms with Crippen LogP contribution in [0.2, 0.25) is 0 Å². The van der Waals surface area contributed by atoms with Crippen molar-refractivity contribution in [2.75, 3.05) is 0 Å². The van der Waals surface area contributed by atoms with Crippen molar-refractivity contribution in [1.29, 1.82) is 0 Å². The normalized spacial score (nSPS) is 13.9. The summed E-state index contributed by atoms with van der Waals surface area (Å²) in [6.07, 6.45) is 1.13. The van der Waals surface area contributed by atoms with Gasteiger partial charge in [-0.2, -0.15) is 0 Å². The Hall–Kier alpha value is -1.56. The van der Waals surface area contributed by atoms with Gasteiger partial charge in [0, 0.05) is 5.92 Å². The van der Waals surface area contributed by atoms with Gasteiger partial charge in [0.05, 0.1) is 0 Å². The number of hydrogen-bond acceptors (Lipinski definition) is 0. The standard InChI is InChI=1S/C23H32/c1-8-19(17-13-15-18(16-14-17)22(2,3)4)20-11-9-10-12-21(20)23(5,6)7/h9-16,19H,8H2,1-7H3. The molecule has 1 unspecified atom stereocenters. The Morgan fingerprint density at radius 1 is 0.739 bits per heavy atom. The van der Waals surface area contributed by atoms with Gasteiger partial charge < -0.3 is 0 Å². The highest BCUT2D eigenvalue weighted by molar-refractivity contribution is 5.42. The fourth-order valence-corrected chi connectivity index (χ4v) is 3.33. The van der Waals surface area contributed by atoms with Crippen LogP contribution in [-0.2, 0) is 10.8 Å². The third-order valence-electron chi connectivity index (χ3n) is 4.73. The maximum Gasteiger partial charge on any atom is 0.00896 e. The summed E-state index contributed by atoms with van der Waals surface area (Å²) in [5, 5.41) is 0. The first-order valence-electron chi connectivity index (χ1n) is 8.84. The monoisotopic (exact) mass is 308 g/mol. The predicted octanol–water partition coefficient (Wildman–Crippen LogP) is 6.82. The van der Waals surface area contributed by atoms with Gasteiger partial charge in [-0.3, -0.25) is 0 Å².